The molecule has 0 spiro atoms. The summed E-state index contributed by atoms with van der Waals surface area (Å²) in [6, 6.07) is 3.75. The molecule has 4 N–H and O–H groups in total. The van der Waals surface area contributed by atoms with Gasteiger partial charge in [0.2, 0.25) is 5.91 Å². The van der Waals surface area contributed by atoms with Crippen LogP contribution in [0.25, 0.3) is 6.08 Å². The van der Waals surface area contributed by atoms with Crippen molar-refractivity contribution < 1.29 is 19.8 Å². The third-order valence-electron chi connectivity index (χ3n) is 1.70. The van der Waals surface area contributed by atoms with E-state index < -0.39 is 11.9 Å². The number of benzene rings is 1. The quantitative estimate of drug-likeness (QED) is 0.631. The molecule has 78 valence electrons. The smallest absolute Gasteiger partial charge is 0.335 e. The monoisotopic (exact) mass is 207 g/mol. The molecule has 1 aromatic rings. The van der Waals surface area contributed by atoms with Crippen LogP contribution in [0, 0.1) is 0 Å². The SMILES string of the molecule is NC(=O)/C=C/c1cc(C(=O)O)ccc1O. The number of hydrogen-bond acceptors (Lipinski definition) is 3. The molecule has 0 aliphatic carbocycles. The predicted octanol–water partition coefficient (Wildman–Crippen LogP) is 0.589. The Hall–Kier alpha value is -2.30. The molecule has 0 aliphatic heterocycles. The van der Waals surface area contributed by atoms with Crippen molar-refractivity contribution >= 4 is 18.0 Å². The van der Waals surface area contributed by atoms with E-state index in [1.54, 1.807) is 0 Å². The average molecular weight is 207 g/mol. The lowest BCUT2D eigenvalue weighted by atomic mass is 10.1. The summed E-state index contributed by atoms with van der Waals surface area (Å²) >= 11 is 0. The Bertz CT molecular complexity index is 437. The lowest BCUT2D eigenvalue weighted by Gasteiger charge is -2.00. The van der Waals surface area contributed by atoms with Gasteiger partial charge >= 0.3 is 5.97 Å². The first-order valence-electron chi connectivity index (χ1n) is 4.04. The van der Waals surface area contributed by atoms with Crippen molar-refractivity contribution in [1.82, 2.24) is 0 Å². The molecule has 0 aliphatic rings. The van der Waals surface area contributed by atoms with Crippen LogP contribution < -0.4 is 5.73 Å². The summed E-state index contributed by atoms with van der Waals surface area (Å²) in [5, 5.41) is 18.0. The largest absolute Gasteiger partial charge is 0.507 e. The Balaban J connectivity index is 3.11. The molecule has 1 aromatic carbocycles. The molecule has 0 heterocycles. The van der Waals surface area contributed by atoms with Gasteiger partial charge in [-0.3, -0.25) is 4.79 Å². The van der Waals surface area contributed by atoms with E-state index in [0.29, 0.717) is 0 Å². The number of aromatic hydroxyl groups is 1. The van der Waals surface area contributed by atoms with E-state index in [1.165, 1.54) is 24.3 Å². The number of nitrogens with two attached hydrogens (primary N) is 1. The molecule has 0 aromatic heterocycles. The third kappa shape index (κ3) is 2.84. The fraction of sp³-hybridized carbons (Fsp3) is 0. The summed E-state index contributed by atoms with van der Waals surface area (Å²) < 4.78 is 0. The highest BCUT2D eigenvalue weighted by Crippen LogP contribution is 2.19. The molecule has 15 heavy (non-hydrogen) atoms. The van der Waals surface area contributed by atoms with E-state index in [1.807, 2.05) is 0 Å². The van der Waals surface area contributed by atoms with Crippen LogP contribution in [0.15, 0.2) is 24.3 Å². The maximum Gasteiger partial charge on any atom is 0.335 e. The second-order valence-electron chi connectivity index (χ2n) is 2.81. The van der Waals surface area contributed by atoms with Gasteiger partial charge in [0.1, 0.15) is 5.75 Å². The van der Waals surface area contributed by atoms with Crippen molar-refractivity contribution in [3.8, 4) is 5.75 Å². The summed E-state index contributed by atoms with van der Waals surface area (Å²) in [4.78, 5) is 21.0. The molecular weight excluding hydrogens is 198 g/mol. The van der Waals surface area contributed by atoms with E-state index >= 15 is 0 Å². The number of primary amides is 1. The number of phenols is 1. The lowest BCUT2D eigenvalue weighted by molar-refractivity contribution is -0.113. The highest BCUT2D eigenvalue weighted by Gasteiger charge is 2.05. The molecule has 1 amide bonds. The molecule has 0 unspecified atom stereocenters. The van der Waals surface area contributed by atoms with Gasteiger partial charge in [-0.1, -0.05) is 0 Å². The van der Waals surface area contributed by atoms with Gasteiger partial charge in [-0.2, -0.15) is 0 Å². The number of phenolic OH excluding ortho intramolecular Hbond substituents is 1. The van der Waals surface area contributed by atoms with Crippen LogP contribution in [0.2, 0.25) is 0 Å². The minimum Gasteiger partial charge on any atom is -0.507 e. The number of carboxylic acids is 1. The van der Waals surface area contributed by atoms with Gasteiger partial charge in [-0.15, -0.1) is 0 Å². The second-order valence-corrected chi connectivity index (χ2v) is 2.81. The number of carbonyl (C=O) groups is 2. The van der Waals surface area contributed by atoms with Crippen LogP contribution in [-0.4, -0.2) is 22.1 Å². The molecule has 5 heteroatoms. The maximum atomic E-state index is 10.6. The van der Waals surface area contributed by atoms with Crippen LogP contribution in [0.1, 0.15) is 15.9 Å². The Labute approximate surface area is 85.5 Å². The van der Waals surface area contributed by atoms with Crippen molar-refractivity contribution in [2.75, 3.05) is 0 Å². The molecular formula is C10H9NO4. The van der Waals surface area contributed by atoms with Crippen molar-refractivity contribution in [3.63, 3.8) is 0 Å². The van der Waals surface area contributed by atoms with Crippen molar-refractivity contribution in [2.24, 2.45) is 5.73 Å². The Kier molecular flexibility index (Phi) is 3.07. The van der Waals surface area contributed by atoms with Gasteiger partial charge in [0.05, 0.1) is 5.56 Å². The van der Waals surface area contributed by atoms with Gasteiger partial charge in [0.25, 0.3) is 0 Å². The van der Waals surface area contributed by atoms with Crippen LogP contribution in [0.3, 0.4) is 0 Å². The van der Waals surface area contributed by atoms with Gasteiger partial charge < -0.3 is 15.9 Å². The highest BCUT2D eigenvalue weighted by atomic mass is 16.4. The zero-order valence-corrected chi connectivity index (χ0v) is 7.68. The predicted molar refractivity (Wildman–Crippen MR) is 53.3 cm³/mol. The zero-order valence-electron chi connectivity index (χ0n) is 7.68. The fourth-order valence-corrected chi connectivity index (χ4v) is 0.993. The van der Waals surface area contributed by atoms with Gasteiger partial charge in [0.15, 0.2) is 0 Å². The van der Waals surface area contributed by atoms with E-state index in [0.717, 1.165) is 6.08 Å². The molecule has 0 atom stereocenters. The first kappa shape index (κ1) is 10.8. The molecule has 0 bridgehead atoms. The number of carbonyl (C=O) groups excluding carboxylic acids is 1. The highest BCUT2D eigenvalue weighted by molar-refractivity contribution is 5.92. The van der Waals surface area contributed by atoms with E-state index in [2.05, 4.69) is 0 Å². The molecule has 5 nitrogen and oxygen atoms in total. The minimum atomic E-state index is -1.11. The number of rotatable bonds is 3. The number of aromatic carboxylic acids is 1. The van der Waals surface area contributed by atoms with Crippen LogP contribution in [-0.2, 0) is 4.79 Å². The summed E-state index contributed by atoms with van der Waals surface area (Å²) in [7, 11) is 0. The topological polar surface area (TPSA) is 101 Å². The van der Waals surface area contributed by atoms with Gasteiger partial charge in [-0.25, -0.2) is 4.79 Å². The molecule has 1 rings (SSSR count). The lowest BCUT2D eigenvalue weighted by Crippen LogP contribution is -2.05. The van der Waals surface area contributed by atoms with Gasteiger partial charge in [-0.05, 0) is 24.3 Å². The normalized spacial score (nSPS) is 10.4. The maximum absolute atomic E-state index is 10.6. The van der Waals surface area contributed by atoms with Crippen LogP contribution in [0.4, 0.5) is 0 Å². The summed E-state index contributed by atoms with van der Waals surface area (Å²) in [5.41, 5.74) is 5.12. The Morgan fingerprint density at radius 2 is 2.00 bits per heavy atom. The Morgan fingerprint density at radius 1 is 1.33 bits per heavy atom. The summed E-state index contributed by atoms with van der Waals surface area (Å²) in [5.74, 6) is -1.89. The molecule has 0 fully saturated rings. The summed E-state index contributed by atoms with van der Waals surface area (Å²) in [6.07, 6.45) is 2.30. The van der Waals surface area contributed by atoms with Gasteiger partial charge in [0, 0.05) is 11.6 Å². The van der Waals surface area contributed by atoms with Crippen molar-refractivity contribution in [3.05, 3.63) is 35.4 Å². The fourth-order valence-electron chi connectivity index (χ4n) is 0.993. The number of carboxylic acid groups (broad SMARTS) is 1. The summed E-state index contributed by atoms with van der Waals surface area (Å²) in [6.45, 7) is 0. The van der Waals surface area contributed by atoms with E-state index in [4.69, 9.17) is 10.8 Å². The van der Waals surface area contributed by atoms with E-state index in [9.17, 15) is 14.7 Å². The minimum absolute atomic E-state index is 0.0249. The van der Waals surface area contributed by atoms with Crippen molar-refractivity contribution in [1.29, 1.82) is 0 Å². The van der Waals surface area contributed by atoms with E-state index in [-0.39, 0.29) is 16.9 Å². The zero-order chi connectivity index (χ0) is 11.4. The first-order valence-corrected chi connectivity index (χ1v) is 4.04. The standard InChI is InChI=1S/C10H9NO4/c11-9(13)4-2-6-5-7(10(14)15)1-3-8(6)12/h1-5,12H,(H2,11,13)(H,14,15)/b4-2+. The average Bonchev–Trinajstić information content (AvgIpc) is 2.16. The third-order valence-corrected chi connectivity index (χ3v) is 1.70. The van der Waals surface area contributed by atoms with Crippen LogP contribution in [0.5, 0.6) is 5.75 Å². The van der Waals surface area contributed by atoms with Crippen molar-refractivity contribution in [2.45, 2.75) is 0 Å². The van der Waals surface area contributed by atoms with Crippen LogP contribution >= 0.6 is 0 Å². The molecule has 0 radical (unpaired) electrons. The number of amides is 1. The Morgan fingerprint density at radius 3 is 2.53 bits per heavy atom. The molecule has 0 saturated carbocycles. The first-order chi connectivity index (χ1) is 7.00. The number of hydrogen-bond donors (Lipinski definition) is 3. The molecule has 0 saturated heterocycles. The second kappa shape index (κ2) is 4.28.